The maximum atomic E-state index is 12.6. The molecule has 1 saturated heterocycles. The highest BCUT2D eigenvalue weighted by atomic mass is 19.4. The Labute approximate surface area is 177 Å². The Morgan fingerprint density at radius 2 is 1.84 bits per heavy atom. The molecule has 1 aromatic heterocycles. The summed E-state index contributed by atoms with van der Waals surface area (Å²) in [5.41, 5.74) is 2.20. The number of benzene rings is 1. The Morgan fingerprint density at radius 3 is 2.52 bits per heavy atom. The Kier molecular flexibility index (Phi) is 5.79. The van der Waals surface area contributed by atoms with Gasteiger partial charge in [-0.1, -0.05) is 12.1 Å². The summed E-state index contributed by atoms with van der Waals surface area (Å²) in [6, 6.07) is 8.83. The van der Waals surface area contributed by atoms with Gasteiger partial charge in [0, 0.05) is 50.0 Å². The first-order chi connectivity index (χ1) is 14.7. The topological polar surface area (TPSA) is 60.8 Å². The fourth-order valence-electron chi connectivity index (χ4n) is 4.65. The standard InChI is InChI=1S/C22H23F3N2O4/c1-30-9-8-19(28)26-11-14-10-16(13-26)21-18(6-7-20(29)27(21)12-14)15-2-4-17(5-3-15)31-22(23,24)25/h2-7,14,16H,8-13H2,1H3/t14-,16+/m0/s1. The van der Waals surface area contributed by atoms with E-state index in [1.807, 2.05) is 4.90 Å². The van der Waals surface area contributed by atoms with E-state index in [1.54, 1.807) is 29.9 Å². The fourth-order valence-corrected chi connectivity index (χ4v) is 4.65. The minimum atomic E-state index is -4.75. The zero-order valence-electron chi connectivity index (χ0n) is 17.0. The molecule has 1 fully saturated rings. The molecular weight excluding hydrogens is 413 g/mol. The number of carbonyl (C=O) groups is 1. The number of hydrogen-bond donors (Lipinski definition) is 0. The molecule has 31 heavy (non-hydrogen) atoms. The van der Waals surface area contributed by atoms with Crippen molar-refractivity contribution in [3.63, 3.8) is 0 Å². The average molecular weight is 436 g/mol. The van der Waals surface area contributed by atoms with E-state index in [2.05, 4.69) is 4.74 Å². The van der Waals surface area contributed by atoms with E-state index in [0.29, 0.717) is 38.2 Å². The van der Waals surface area contributed by atoms with Crippen LogP contribution in [0.2, 0.25) is 0 Å². The highest BCUT2D eigenvalue weighted by Gasteiger charge is 2.37. The van der Waals surface area contributed by atoms with Crippen LogP contribution >= 0.6 is 0 Å². The van der Waals surface area contributed by atoms with Crippen molar-refractivity contribution in [2.75, 3.05) is 26.8 Å². The van der Waals surface area contributed by atoms with Crippen LogP contribution in [0.25, 0.3) is 11.1 Å². The van der Waals surface area contributed by atoms with Crippen molar-refractivity contribution in [2.24, 2.45) is 5.92 Å². The second kappa shape index (κ2) is 8.37. The van der Waals surface area contributed by atoms with E-state index in [0.717, 1.165) is 17.7 Å². The lowest BCUT2D eigenvalue weighted by molar-refractivity contribution is -0.274. The molecule has 2 bridgehead atoms. The number of fused-ring (bicyclic) bond motifs is 4. The Morgan fingerprint density at radius 1 is 1.10 bits per heavy atom. The van der Waals surface area contributed by atoms with Crippen LogP contribution in [0.5, 0.6) is 5.75 Å². The van der Waals surface area contributed by atoms with Gasteiger partial charge in [0.2, 0.25) is 5.91 Å². The number of aromatic nitrogens is 1. The highest BCUT2D eigenvalue weighted by Crippen LogP contribution is 2.40. The van der Waals surface area contributed by atoms with E-state index >= 15 is 0 Å². The number of piperidine rings is 1. The number of nitrogens with zero attached hydrogens (tertiary/aromatic N) is 2. The van der Waals surface area contributed by atoms with Gasteiger partial charge in [0.1, 0.15) is 5.75 Å². The van der Waals surface area contributed by atoms with E-state index in [-0.39, 0.29) is 29.1 Å². The van der Waals surface area contributed by atoms with Crippen molar-refractivity contribution in [3.05, 3.63) is 52.4 Å². The Bertz CT molecular complexity index is 1020. The molecule has 2 aliphatic rings. The summed E-state index contributed by atoms with van der Waals surface area (Å²) in [5.74, 6) is -0.105. The number of rotatable bonds is 5. The van der Waals surface area contributed by atoms with Crippen molar-refractivity contribution in [3.8, 4) is 16.9 Å². The molecule has 2 atom stereocenters. The minimum absolute atomic E-state index is 0.0194. The van der Waals surface area contributed by atoms with Crippen molar-refractivity contribution in [1.82, 2.24) is 9.47 Å². The average Bonchev–Trinajstić information content (AvgIpc) is 2.72. The lowest BCUT2D eigenvalue weighted by Gasteiger charge is -2.43. The third-order valence-electron chi connectivity index (χ3n) is 5.86. The van der Waals surface area contributed by atoms with Crippen LogP contribution in [0.3, 0.4) is 0 Å². The molecule has 9 heteroatoms. The van der Waals surface area contributed by atoms with Gasteiger partial charge in [0.05, 0.1) is 13.0 Å². The van der Waals surface area contributed by atoms with Gasteiger partial charge in [0.15, 0.2) is 0 Å². The maximum Gasteiger partial charge on any atom is 0.573 e. The predicted octanol–water partition coefficient (Wildman–Crippen LogP) is 3.40. The largest absolute Gasteiger partial charge is 0.573 e. The molecular formula is C22H23F3N2O4. The van der Waals surface area contributed by atoms with E-state index < -0.39 is 6.36 Å². The monoisotopic (exact) mass is 436 g/mol. The molecule has 2 aromatic rings. The molecule has 4 rings (SSSR count). The molecule has 0 N–H and O–H groups in total. The van der Waals surface area contributed by atoms with Gasteiger partial charge < -0.3 is 18.9 Å². The van der Waals surface area contributed by atoms with Crippen LogP contribution in [0.4, 0.5) is 13.2 Å². The van der Waals surface area contributed by atoms with Crippen LogP contribution in [-0.2, 0) is 16.1 Å². The fraction of sp³-hybridized carbons (Fsp3) is 0.455. The number of methoxy groups -OCH3 is 1. The predicted molar refractivity (Wildman–Crippen MR) is 107 cm³/mol. The molecule has 0 radical (unpaired) electrons. The van der Waals surface area contributed by atoms with E-state index in [1.165, 1.54) is 18.2 Å². The first-order valence-electron chi connectivity index (χ1n) is 10.1. The third-order valence-corrected chi connectivity index (χ3v) is 5.86. The molecule has 3 heterocycles. The number of likely N-dealkylation sites (tertiary alicyclic amines) is 1. The van der Waals surface area contributed by atoms with Crippen molar-refractivity contribution >= 4 is 5.91 Å². The van der Waals surface area contributed by atoms with Crippen LogP contribution in [-0.4, -0.2) is 48.5 Å². The van der Waals surface area contributed by atoms with Crippen molar-refractivity contribution in [1.29, 1.82) is 0 Å². The van der Waals surface area contributed by atoms with Gasteiger partial charge in [-0.3, -0.25) is 9.59 Å². The Balaban J connectivity index is 1.66. The normalized spacial score (nSPS) is 20.3. The molecule has 0 spiro atoms. The SMILES string of the molecule is COCCC(=O)N1C[C@@H]2C[C@H](C1)c1c(-c3ccc(OC(F)(F)F)cc3)ccc(=O)n1C2. The van der Waals surface area contributed by atoms with E-state index in [9.17, 15) is 22.8 Å². The number of halogens is 3. The quantitative estimate of drug-likeness (QED) is 0.721. The first kappa shape index (κ1) is 21.4. The first-order valence-corrected chi connectivity index (χ1v) is 10.1. The molecule has 0 saturated carbocycles. The highest BCUT2D eigenvalue weighted by molar-refractivity contribution is 5.77. The van der Waals surface area contributed by atoms with Crippen LogP contribution < -0.4 is 10.3 Å². The van der Waals surface area contributed by atoms with Crippen LogP contribution in [0.1, 0.15) is 24.5 Å². The summed E-state index contributed by atoms with van der Waals surface area (Å²) in [6.45, 7) is 1.99. The number of carbonyl (C=O) groups excluding carboxylic acids is 1. The third kappa shape index (κ3) is 4.61. The summed E-state index contributed by atoms with van der Waals surface area (Å²) < 4.78 is 48.1. The van der Waals surface area contributed by atoms with Crippen molar-refractivity contribution in [2.45, 2.75) is 31.7 Å². The molecule has 1 amide bonds. The van der Waals surface area contributed by atoms with Gasteiger partial charge in [-0.15, -0.1) is 13.2 Å². The van der Waals surface area contributed by atoms with Gasteiger partial charge in [-0.2, -0.15) is 0 Å². The van der Waals surface area contributed by atoms with Crippen molar-refractivity contribution < 1.29 is 27.4 Å². The molecule has 2 aliphatic heterocycles. The zero-order valence-corrected chi connectivity index (χ0v) is 17.0. The van der Waals surface area contributed by atoms with Crippen LogP contribution in [0, 0.1) is 5.92 Å². The van der Waals surface area contributed by atoms with Gasteiger partial charge in [-0.05, 0) is 36.1 Å². The smallest absolute Gasteiger partial charge is 0.406 e. The zero-order chi connectivity index (χ0) is 22.2. The summed E-state index contributed by atoms with van der Waals surface area (Å²) >= 11 is 0. The number of ether oxygens (including phenoxy) is 2. The molecule has 1 aromatic carbocycles. The number of hydrogen-bond acceptors (Lipinski definition) is 4. The summed E-state index contributed by atoms with van der Waals surface area (Å²) in [6.07, 6.45) is -3.58. The molecule has 166 valence electrons. The second-order valence-electron chi connectivity index (χ2n) is 7.99. The summed E-state index contributed by atoms with van der Waals surface area (Å²) in [4.78, 5) is 26.9. The number of alkyl halides is 3. The molecule has 0 unspecified atom stereocenters. The van der Waals surface area contributed by atoms with E-state index in [4.69, 9.17) is 4.74 Å². The minimum Gasteiger partial charge on any atom is -0.406 e. The lowest BCUT2D eigenvalue weighted by Crippen LogP contribution is -2.49. The van der Waals surface area contributed by atoms with Gasteiger partial charge in [-0.25, -0.2) is 0 Å². The molecule has 0 aliphatic carbocycles. The summed E-state index contributed by atoms with van der Waals surface area (Å²) in [7, 11) is 1.55. The van der Waals surface area contributed by atoms with Gasteiger partial charge >= 0.3 is 6.36 Å². The summed E-state index contributed by atoms with van der Waals surface area (Å²) in [5, 5.41) is 0. The van der Waals surface area contributed by atoms with Crippen LogP contribution in [0.15, 0.2) is 41.2 Å². The lowest BCUT2D eigenvalue weighted by atomic mass is 9.80. The van der Waals surface area contributed by atoms with Gasteiger partial charge in [0.25, 0.3) is 5.56 Å². The number of amides is 1. The molecule has 6 nitrogen and oxygen atoms in total. The number of pyridine rings is 1. The second-order valence-corrected chi connectivity index (χ2v) is 7.99. The Hall–Kier alpha value is -2.81. The maximum absolute atomic E-state index is 12.6.